The summed E-state index contributed by atoms with van der Waals surface area (Å²) in [6.45, 7) is 1.45. The second-order valence-corrected chi connectivity index (χ2v) is 7.18. The predicted molar refractivity (Wildman–Crippen MR) is 98.3 cm³/mol. The monoisotopic (exact) mass is 364 g/mol. The van der Waals surface area contributed by atoms with Crippen LogP contribution in [0.2, 0.25) is 10.0 Å². The number of fused-ring (bicyclic) bond motifs is 3. The van der Waals surface area contributed by atoms with Gasteiger partial charge >= 0.3 is 0 Å². The molecule has 4 rings (SSSR count). The minimum absolute atomic E-state index is 0.0422. The number of aromatic hydroxyl groups is 1. The first kappa shape index (κ1) is 16.0. The molecule has 1 saturated heterocycles. The van der Waals surface area contributed by atoms with E-state index in [9.17, 15) is 10.2 Å². The summed E-state index contributed by atoms with van der Waals surface area (Å²) in [7, 11) is 0. The molecule has 1 aromatic heterocycles. The van der Waals surface area contributed by atoms with E-state index in [0.29, 0.717) is 16.6 Å². The maximum atomic E-state index is 10.6. The largest absolute Gasteiger partial charge is 0.506 e. The number of aromatic nitrogens is 1. The normalized spacial score (nSPS) is 22.1. The zero-order chi connectivity index (χ0) is 16.8. The highest BCUT2D eigenvalue weighted by Crippen LogP contribution is 2.40. The van der Waals surface area contributed by atoms with Gasteiger partial charge in [-0.15, -0.1) is 0 Å². The Hall–Kier alpha value is -1.46. The molecule has 3 N–H and O–H groups in total. The molecule has 1 fully saturated rings. The molecule has 1 aliphatic rings. The first-order valence-electron chi connectivity index (χ1n) is 8.06. The third-order valence-electron chi connectivity index (χ3n) is 4.82. The smallest absolute Gasteiger partial charge is 0.136 e. The van der Waals surface area contributed by atoms with Gasteiger partial charge in [0.25, 0.3) is 0 Å². The van der Waals surface area contributed by atoms with Crippen LogP contribution in [0, 0.1) is 0 Å². The van der Waals surface area contributed by atoms with E-state index in [1.807, 2.05) is 18.2 Å². The van der Waals surface area contributed by atoms with Crippen LogP contribution in [0.25, 0.3) is 21.8 Å². The standard InChI is InChI=1S/C18H18Cl2N2O2/c19-10-3-4-14-11(6-10)12-7-13(20)17(23)8-16(12)22(14)15-2-1-5-21-9-18(15)24/h3-4,6-8,15,18,21,23-24H,1-2,5,9H2/t15-,18-/m0/s1. The fraction of sp³-hybridized carbons (Fsp3) is 0.333. The quantitative estimate of drug-likeness (QED) is 0.609. The maximum Gasteiger partial charge on any atom is 0.136 e. The Morgan fingerprint density at radius 3 is 2.71 bits per heavy atom. The molecule has 0 saturated carbocycles. The van der Waals surface area contributed by atoms with Crippen LogP contribution in [0.15, 0.2) is 30.3 Å². The third-order valence-corrected chi connectivity index (χ3v) is 5.35. The summed E-state index contributed by atoms with van der Waals surface area (Å²) < 4.78 is 2.12. The van der Waals surface area contributed by atoms with Crippen molar-refractivity contribution in [2.24, 2.45) is 0 Å². The van der Waals surface area contributed by atoms with Crippen molar-refractivity contribution in [1.29, 1.82) is 0 Å². The summed E-state index contributed by atoms with van der Waals surface area (Å²) in [5, 5.41) is 26.8. The van der Waals surface area contributed by atoms with Crippen LogP contribution >= 0.6 is 23.2 Å². The molecule has 0 spiro atoms. The lowest BCUT2D eigenvalue weighted by atomic mass is 10.1. The molecule has 0 radical (unpaired) electrons. The number of β-amino-alcohol motifs (C(OH)–C–C–N with tert-alkyl or cyclic N) is 1. The number of halogens is 2. The molecule has 6 heteroatoms. The van der Waals surface area contributed by atoms with Crippen molar-refractivity contribution >= 4 is 45.0 Å². The highest BCUT2D eigenvalue weighted by molar-refractivity contribution is 6.34. The molecule has 0 bridgehead atoms. The van der Waals surface area contributed by atoms with Gasteiger partial charge in [-0.05, 0) is 43.7 Å². The lowest BCUT2D eigenvalue weighted by Gasteiger charge is -2.24. The Labute approximate surface area is 149 Å². The van der Waals surface area contributed by atoms with Crippen LogP contribution in [0.4, 0.5) is 0 Å². The second-order valence-electron chi connectivity index (χ2n) is 6.33. The number of aliphatic hydroxyl groups excluding tert-OH is 1. The van der Waals surface area contributed by atoms with Crippen molar-refractivity contribution in [2.75, 3.05) is 13.1 Å². The Morgan fingerprint density at radius 2 is 1.88 bits per heavy atom. The number of nitrogens with one attached hydrogen (secondary N) is 1. The van der Waals surface area contributed by atoms with Gasteiger partial charge in [0.1, 0.15) is 5.75 Å². The Balaban J connectivity index is 2.06. The third kappa shape index (κ3) is 2.54. The number of rotatable bonds is 1. The minimum Gasteiger partial charge on any atom is -0.506 e. The molecule has 3 aromatic rings. The molecule has 1 aliphatic heterocycles. The van der Waals surface area contributed by atoms with Gasteiger partial charge in [-0.3, -0.25) is 0 Å². The minimum atomic E-state index is -0.500. The fourth-order valence-corrected chi connectivity index (χ4v) is 4.04. The highest BCUT2D eigenvalue weighted by Gasteiger charge is 2.27. The molecular weight excluding hydrogens is 347 g/mol. The van der Waals surface area contributed by atoms with Gasteiger partial charge in [0.15, 0.2) is 0 Å². The van der Waals surface area contributed by atoms with E-state index in [1.54, 1.807) is 12.1 Å². The summed E-state index contributed by atoms with van der Waals surface area (Å²) in [5.74, 6) is 0.0422. The van der Waals surface area contributed by atoms with E-state index in [-0.39, 0.29) is 11.8 Å². The molecule has 2 atom stereocenters. The van der Waals surface area contributed by atoms with E-state index < -0.39 is 6.10 Å². The molecule has 2 heterocycles. The van der Waals surface area contributed by atoms with Crippen molar-refractivity contribution < 1.29 is 10.2 Å². The van der Waals surface area contributed by atoms with Crippen LogP contribution in [0.5, 0.6) is 5.75 Å². The fourth-order valence-electron chi connectivity index (χ4n) is 3.70. The second kappa shape index (κ2) is 6.12. The molecule has 0 unspecified atom stereocenters. The molecule has 0 aliphatic carbocycles. The molecule has 2 aromatic carbocycles. The van der Waals surface area contributed by atoms with E-state index in [1.165, 1.54) is 0 Å². The van der Waals surface area contributed by atoms with E-state index in [4.69, 9.17) is 23.2 Å². The van der Waals surface area contributed by atoms with Crippen molar-refractivity contribution in [3.8, 4) is 5.75 Å². The van der Waals surface area contributed by atoms with Crippen LogP contribution in [-0.4, -0.2) is 34.0 Å². The first-order chi connectivity index (χ1) is 11.6. The van der Waals surface area contributed by atoms with E-state index >= 15 is 0 Å². The highest BCUT2D eigenvalue weighted by atomic mass is 35.5. The van der Waals surface area contributed by atoms with Gasteiger partial charge < -0.3 is 20.1 Å². The molecular formula is C18H18Cl2N2O2. The van der Waals surface area contributed by atoms with Gasteiger partial charge in [0.2, 0.25) is 0 Å². The van der Waals surface area contributed by atoms with E-state index in [0.717, 1.165) is 41.2 Å². The SMILES string of the molecule is Oc1cc2c(cc1Cl)c1cc(Cl)ccc1n2[C@H]1CCCNC[C@@H]1O. The van der Waals surface area contributed by atoms with Crippen LogP contribution in [0.3, 0.4) is 0 Å². The van der Waals surface area contributed by atoms with Gasteiger partial charge in [0.05, 0.1) is 22.7 Å². The number of nitrogens with zero attached hydrogens (tertiary/aromatic N) is 1. The van der Waals surface area contributed by atoms with E-state index in [2.05, 4.69) is 9.88 Å². The van der Waals surface area contributed by atoms with Crippen LogP contribution < -0.4 is 5.32 Å². The number of benzene rings is 2. The summed E-state index contributed by atoms with van der Waals surface area (Å²) >= 11 is 12.3. The lowest BCUT2D eigenvalue weighted by molar-refractivity contribution is 0.119. The molecule has 0 amide bonds. The number of phenolic OH excluding ortho intramolecular Hbond substituents is 1. The summed E-state index contributed by atoms with van der Waals surface area (Å²) in [4.78, 5) is 0. The maximum absolute atomic E-state index is 10.6. The molecule has 24 heavy (non-hydrogen) atoms. The van der Waals surface area contributed by atoms with Gasteiger partial charge in [-0.25, -0.2) is 0 Å². The first-order valence-corrected chi connectivity index (χ1v) is 8.82. The average molecular weight is 365 g/mol. The van der Waals surface area contributed by atoms with Crippen molar-refractivity contribution in [1.82, 2.24) is 9.88 Å². The average Bonchev–Trinajstić information content (AvgIpc) is 2.69. The zero-order valence-corrected chi connectivity index (χ0v) is 14.5. The number of aliphatic hydroxyl groups is 1. The number of phenols is 1. The van der Waals surface area contributed by atoms with Crippen molar-refractivity contribution in [2.45, 2.75) is 25.0 Å². The summed E-state index contributed by atoms with van der Waals surface area (Å²) in [6, 6.07) is 9.10. The van der Waals surface area contributed by atoms with Crippen LogP contribution in [-0.2, 0) is 0 Å². The van der Waals surface area contributed by atoms with Crippen LogP contribution in [0.1, 0.15) is 18.9 Å². The zero-order valence-electron chi connectivity index (χ0n) is 13.0. The Bertz CT molecular complexity index is 922. The lowest BCUT2D eigenvalue weighted by Crippen LogP contribution is -2.31. The predicted octanol–water partition coefficient (Wildman–Crippen LogP) is 4.09. The Kier molecular flexibility index (Phi) is 4.09. The Morgan fingerprint density at radius 1 is 1.08 bits per heavy atom. The van der Waals surface area contributed by atoms with Crippen molar-refractivity contribution in [3.05, 3.63) is 40.4 Å². The summed E-state index contributed by atoms with van der Waals surface area (Å²) in [6.07, 6.45) is 1.34. The van der Waals surface area contributed by atoms with Gasteiger partial charge in [-0.1, -0.05) is 23.2 Å². The van der Waals surface area contributed by atoms with Gasteiger partial charge in [0, 0.05) is 33.9 Å². The number of hydrogen-bond acceptors (Lipinski definition) is 3. The molecule has 4 nitrogen and oxygen atoms in total. The van der Waals surface area contributed by atoms with Crippen molar-refractivity contribution in [3.63, 3.8) is 0 Å². The topological polar surface area (TPSA) is 57.4 Å². The van der Waals surface area contributed by atoms with Gasteiger partial charge in [-0.2, -0.15) is 0 Å². The molecule has 126 valence electrons. The number of hydrogen-bond donors (Lipinski definition) is 3. The summed E-state index contributed by atoms with van der Waals surface area (Å²) in [5.41, 5.74) is 1.85.